The minimum Gasteiger partial charge on any atom is -0.459 e. The van der Waals surface area contributed by atoms with Crippen LogP contribution < -0.4 is 10.6 Å². The van der Waals surface area contributed by atoms with Crippen molar-refractivity contribution in [2.45, 2.75) is 6.92 Å². The number of carbonyl (C=O) groups is 1. The predicted octanol–water partition coefficient (Wildman–Crippen LogP) is 2.19. The Morgan fingerprint density at radius 3 is 2.78 bits per heavy atom. The number of carbonyl (C=O) groups excluding carboxylic acids is 1. The van der Waals surface area contributed by atoms with E-state index < -0.39 is 0 Å². The average molecular weight is 244 g/mol. The van der Waals surface area contributed by atoms with Crippen LogP contribution in [0.1, 0.15) is 16.1 Å². The van der Waals surface area contributed by atoms with Gasteiger partial charge in [0.15, 0.2) is 5.76 Å². The van der Waals surface area contributed by atoms with Crippen molar-refractivity contribution in [2.75, 3.05) is 18.0 Å². The van der Waals surface area contributed by atoms with Crippen molar-refractivity contribution in [3.8, 4) is 0 Å². The largest absolute Gasteiger partial charge is 0.459 e. The normalized spacial score (nSPS) is 10.3. The van der Waals surface area contributed by atoms with E-state index in [0.29, 0.717) is 18.8 Å². The molecule has 0 fully saturated rings. The summed E-state index contributed by atoms with van der Waals surface area (Å²) in [6, 6.07) is 11.1. The summed E-state index contributed by atoms with van der Waals surface area (Å²) in [6.07, 6.45) is 1.49. The molecule has 0 aliphatic heterocycles. The zero-order valence-electron chi connectivity index (χ0n) is 10.3. The lowest BCUT2D eigenvalue weighted by Crippen LogP contribution is -2.35. The van der Waals surface area contributed by atoms with Gasteiger partial charge in [0, 0.05) is 18.8 Å². The van der Waals surface area contributed by atoms with Gasteiger partial charge in [-0.05, 0) is 36.8 Å². The summed E-state index contributed by atoms with van der Waals surface area (Å²) in [5, 5.41) is 0. The molecule has 1 amide bonds. The van der Waals surface area contributed by atoms with E-state index >= 15 is 0 Å². The maximum atomic E-state index is 12.3. The van der Waals surface area contributed by atoms with Crippen molar-refractivity contribution in [2.24, 2.45) is 5.73 Å². The van der Waals surface area contributed by atoms with Crippen LogP contribution in [0.3, 0.4) is 0 Å². The minimum absolute atomic E-state index is 0.170. The number of nitrogens with zero attached hydrogens (tertiary/aromatic N) is 1. The number of nitrogens with two attached hydrogens (primary N) is 1. The van der Waals surface area contributed by atoms with Crippen molar-refractivity contribution in [1.29, 1.82) is 0 Å². The van der Waals surface area contributed by atoms with Gasteiger partial charge in [-0.1, -0.05) is 12.1 Å². The Kier molecular flexibility index (Phi) is 3.79. The lowest BCUT2D eigenvalue weighted by molar-refractivity contribution is 0.0961. The highest BCUT2D eigenvalue weighted by atomic mass is 16.3. The Labute approximate surface area is 106 Å². The first-order valence-electron chi connectivity index (χ1n) is 5.84. The third-order valence-electron chi connectivity index (χ3n) is 2.64. The molecule has 4 heteroatoms. The van der Waals surface area contributed by atoms with Gasteiger partial charge in [-0.3, -0.25) is 4.79 Å². The Bertz CT molecular complexity index is 520. The summed E-state index contributed by atoms with van der Waals surface area (Å²) in [5.41, 5.74) is 7.51. The minimum atomic E-state index is -0.170. The van der Waals surface area contributed by atoms with E-state index in [9.17, 15) is 4.79 Å². The van der Waals surface area contributed by atoms with Crippen LogP contribution >= 0.6 is 0 Å². The Morgan fingerprint density at radius 2 is 2.17 bits per heavy atom. The van der Waals surface area contributed by atoms with E-state index in [2.05, 4.69) is 0 Å². The molecular weight excluding hydrogens is 228 g/mol. The average Bonchev–Trinajstić information content (AvgIpc) is 2.89. The summed E-state index contributed by atoms with van der Waals surface area (Å²) >= 11 is 0. The fourth-order valence-electron chi connectivity index (χ4n) is 1.81. The van der Waals surface area contributed by atoms with E-state index in [-0.39, 0.29) is 5.91 Å². The molecule has 0 unspecified atom stereocenters. The van der Waals surface area contributed by atoms with E-state index in [0.717, 1.165) is 11.3 Å². The van der Waals surface area contributed by atoms with Gasteiger partial charge in [-0.25, -0.2) is 0 Å². The first-order chi connectivity index (χ1) is 8.72. The SMILES string of the molecule is Cc1cccc(N(CCN)C(=O)c2ccco2)c1. The molecule has 0 bridgehead atoms. The smallest absolute Gasteiger partial charge is 0.293 e. The van der Waals surface area contributed by atoms with Gasteiger partial charge in [0.1, 0.15) is 0 Å². The summed E-state index contributed by atoms with van der Waals surface area (Å²) in [4.78, 5) is 13.9. The van der Waals surface area contributed by atoms with E-state index in [1.807, 2.05) is 31.2 Å². The number of furan rings is 1. The number of hydrogen-bond acceptors (Lipinski definition) is 3. The molecule has 0 aliphatic rings. The van der Waals surface area contributed by atoms with Crippen molar-refractivity contribution >= 4 is 11.6 Å². The van der Waals surface area contributed by atoms with Crippen LogP contribution in [-0.2, 0) is 0 Å². The Balaban J connectivity index is 2.31. The molecule has 1 aromatic carbocycles. The third-order valence-corrected chi connectivity index (χ3v) is 2.64. The fourth-order valence-corrected chi connectivity index (χ4v) is 1.81. The summed E-state index contributed by atoms with van der Waals surface area (Å²) < 4.78 is 5.14. The van der Waals surface area contributed by atoms with Gasteiger partial charge in [-0.15, -0.1) is 0 Å². The molecule has 1 heterocycles. The second-order valence-corrected chi connectivity index (χ2v) is 4.06. The second-order valence-electron chi connectivity index (χ2n) is 4.06. The van der Waals surface area contributed by atoms with E-state index in [1.54, 1.807) is 17.0 Å². The van der Waals surface area contributed by atoms with Crippen molar-refractivity contribution in [1.82, 2.24) is 0 Å². The molecule has 2 aromatic rings. The van der Waals surface area contributed by atoms with Gasteiger partial charge in [0.2, 0.25) is 0 Å². The van der Waals surface area contributed by atoms with Crippen LogP contribution in [0.4, 0.5) is 5.69 Å². The topological polar surface area (TPSA) is 59.5 Å². The molecule has 94 valence electrons. The maximum absolute atomic E-state index is 12.3. The highest BCUT2D eigenvalue weighted by molar-refractivity contribution is 6.04. The molecule has 0 saturated heterocycles. The molecular formula is C14H16N2O2. The lowest BCUT2D eigenvalue weighted by Gasteiger charge is -2.21. The van der Waals surface area contributed by atoms with Crippen molar-refractivity contribution in [3.05, 3.63) is 54.0 Å². The van der Waals surface area contributed by atoms with Gasteiger partial charge in [0.05, 0.1) is 6.26 Å². The molecule has 2 N–H and O–H groups in total. The van der Waals surface area contributed by atoms with Crippen LogP contribution in [0.15, 0.2) is 47.1 Å². The highest BCUT2D eigenvalue weighted by Gasteiger charge is 2.19. The van der Waals surface area contributed by atoms with Gasteiger partial charge in [0.25, 0.3) is 5.91 Å². The predicted molar refractivity (Wildman–Crippen MR) is 70.6 cm³/mol. The van der Waals surface area contributed by atoms with Crippen molar-refractivity contribution in [3.63, 3.8) is 0 Å². The molecule has 0 saturated carbocycles. The van der Waals surface area contributed by atoms with Gasteiger partial charge in [-0.2, -0.15) is 0 Å². The summed E-state index contributed by atoms with van der Waals surface area (Å²) in [7, 11) is 0. The monoisotopic (exact) mass is 244 g/mol. The fraction of sp³-hybridized carbons (Fsp3) is 0.214. The first-order valence-corrected chi connectivity index (χ1v) is 5.84. The van der Waals surface area contributed by atoms with Crippen LogP contribution in [0.25, 0.3) is 0 Å². The number of rotatable bonds is 4. The Morgan fingerprint density at radius 1 is 1.33 bits per heavy atom. The van der Waals surface area contributed by atoms with Crippen LogP contribution in [-0.4, -0.2) is 19.0 Å². The van der Waals surface area contributed by atoms with Crippen LogP contribution in [0, 0.1) is 6.92 Å². The molecule has 0 aliphatic carbocycles. The van der Waals surface area contributed by atoms with Gasteiger partial charge >= 0.3 is 0 Å². The van der Waals surface area contributed by atoms with Crippen LogP contribution in [0.2, 0.25) is 0 Å². The van der Waals surface area contributed by atoms with E-state index in [4.69, 9.17) is 10.2 Å². The molecule has 1 aromatic heterocycles. The van der Waals surface area contributed by atoms with Crippen LogP contribution in [0.5, 0.6) is 0 Å². The zero-order valence-corrected chi connectivity index (χ0v) is 10.3. The number of anilines is 1. The molecule has 0 radical (unpaired) electrons. The molecule has 4 nitrogen and oxygen atoms in total. The third kappa shape index (κ3) is 2.60. The Hall–Kier alpha value is -2.07. The second kappa shape index (κ2) is 5.51. The van der Waals surface area contributed by atoms with Crippen molar-refractivity contribution < 1.29 is 9.21 Å². The molecule has 0 atom stereocenters. The number of aryl methyl sites for hydroxylation is 1. The number of hydrogen-bond donors (Lipinski definition) is 1. The summed E-state index contributed by atoms with van der Waals surface area (Å²) in [5.74, 6) is 0.154. The molecule has 0 spiro atoms. The lowest BCUT2D eigenvalue weighted by atomic mass is 10.2. The molecule has 2 rings (SSSR count). The maximum Gasteiger partial charge on any atom is 0.293 e. The highest BCUT2D eigenvalue weighted by Crippen LogP contribution is 2.18. The molecule has 18 heavy (non-hydrogen) atoms. The quantitative estimate of drug-likeness (QED) is 0.896. The van der Waals surface area contributed by atoms with Gasteiger partial charge < -0.3 is 15.1 Å². The zero-order chi connectivity index (χ0) is 13.0. The standard InChI is InChI=1S/C14H16N2O2/c1-11-4-2-5-12(10-11)16(8-7-15)14(17)13-6-3-9-18-13/h2-6,9-10H,7-8,15H2,1H3. The first kappa shape index (κ1) is 12.4. The number of benzene rings is 1. The van der Waals surface area contributed by atoms with E-state index in [1.165, 1.54) is 6.26 Å². The number of amides is 1. The summed E-state index contributed by atoms with van der Waals surface area (Å²) in [6.45, 7) is 2.85.